The largest absolute Gasteiger partial charge is 0.497 e. The molecular formula is C47H82O3. The van der Waals surface area contributed by atoms with Crippen LogP contribution < -0.4 is 14.2 Å². The van der Waals surface area contributed by atoms with Crippen LogP contribution in [0.4, 0.5) is 0 Å². The molecule has 0 bridgehead atoms. The van der Waals surface area contributed by atoms with E-state index in [1.165, 1.54) is 21.5 Å². The van der Waals surface area contributed by atoms with E-state index in [1.54, 1.807) is 21.3 Å². The molecule has 0 fully saturated rings. The van der Waals surface area contributed by atoms with Crippen molar-refractivity contribution in [3.63, 3.8) is 0 Å². The maximum absolute atomic E-state index is 5.23. The van der Waals surface area contributed by atoms with Crippen molar-refractivity contribution in [2.75, 3.05) is 21.3 Å². The van der Waals surface area contributed by atoms with Crippen LogP contribution in [-0.2, 0) is 0 Å². The van der Waals surface area contributed by atoms with Crippen molar-refractivity contribution in [2.24, 2.45) is 0 Å². The van der Waals surface area contributed by atoms with Gasteiger partial charge in [-0.15, -0.1) is 0 Å². The summed E-state index contributed by atoms with van der Waals surface area (Å²) in [6, 6.07) is 38.2. The van der Waals surface area contributed by atoms with E-state index < -0.39 is 0 Å². The second-order valence-electron chi connectivity index (χ2n) is 6.91. The molecule has 0 aliphatic heterocycles. The van der Waals surface area contributed by atoms with Gasteiger partial charge in [-0.25, -0.2) is 0 Å². The van der Waals surface area contributed by atoms with Gasteiger partial charge in [0.2, 0.25) is 0 Å². The highest BCUT2D eigenvalue weighted by Crippen LogP contribution is 2.24. The van der Waals surface area contributed by atoms with Gasteiger partial charge in [-0.1, -0.05) is 210 Å². The third kappa shape index (κ3) is 31.3. The Morgan fingerprint density at radius 1 is 0.280 bits per heavy atom. The lowest BCUT2D eigenvalue weighted by atomic mass is 10.1. The Balaban J connectivity index is -0.0000000913. The van der Waals surface area contributed by atoms with Gasteiger partial charge in [-0.2, -0.15) is 0 Å². The molecule has 0 N–H and O–H groups in total. The number of ether oxygens (including phenoxy) is 3. The second kappa shape index (κ2) is 57.3. The summed E-state index contributed by atoms with van der Waals surface area (Å²) < 4.78 is 15.3. The van der Waals surface area contributed by atoms with Crippen LogP contribution in [-0.4, -0.2) is 21.3 Å². The zero-order valence-corrected chi connectivity index (χ0v) is 36.7. The molecule has 0 saturated carbocycles. The summed E-state index contributed by atoms with van der Waals surface area (Å²) in [5, 5.41) is 4.86. The van der Waals surface area contributed by atoms with E-state index in [0.717, 1.165) is 17.2 Å². The van der Waals surface area contributed by atoms with E-state index in [9.17, 15) is 0 Å². The fourth-order valence-electron chi connectivity index (χ4n) is 3.22. The molecule has 3 nitrogen and oxygen atoms in total. The van der Waals surface area contributed by atoms with Crippen molar-refractivity contribution < 1.29 is 14.2 Å². The molecule has 0 amide bonds. The van der Waals surface area contributed by atoms with Gasteiger partial charge in [0.25, 0.3) is 0 Å². The molecule has 0 heterocycles. The highest BCUT2D eigenvalue weighted by Gasteiger charge is 1.97. The Morgan fingerprint density at radius 3 is 1.08 bits per heavy atom. The number of benzene rings is 5. The smallest absolute Gasteiger partial charge is 0.126 e. The lowest BCUT2D eigenvalue weighted by Gasteiger charge is -2.03. The first kappa shape index (κ1) is 61.3. The van der Waals surface area contributed by atoms with Gasteiger partial charge < -0.3 is 14.2 Å². The van der Waals surface area contributed by atoms with Crippen molar-refractivity contribution in [3.05, 3.63) is 115 Å². The van der Waals surface area contributed by atoms with E-state index in [0.29, 0.717) is 0 Å². The van der Waals surface area contributed by atoms with E-state index in [4.69, 9.17) is 14.2 Å². The summed E-state index contributed by atoms with van der Waals surface area (Å²) >= 11 is 0. The van der Waals surface area contributed by atoms with Gasteiger partial charge in [-0.3, -0.25) is 0 Å². The average molecular weight is 695 g/mol. The average Bonchev–Trinajstić information content (AvgIpc) is 3.27. The molecule has 0 atom stereocenters. The van der Waals surface area contributed by atoms with E-state index >= 15 is 0 Å². The minimum Gasteiger partial charge on any atom is -0.497 e. The zero-order valence-electron chi connectivity index (χ0n) is 36.7. The van der Waals surface area contributed by atoms with Crippen molar-refractivity contribution in [2.45, 2.75) is 125 Å². The Bertz CT molecular complexity index is 1220. The quantitative estimate of drug-likeness (QED) is 0.188. The molecule has 0 aliphatic rings. The fraction of sp³-hybridized carbons (Fsp3) is 0.447. The third-order valence-corrected chi connectivity index (χ3v) is 4.91. The van der Waals surface area contributed by atoms with Crippen molar-refractivity contribution in [3.8, 4) is 17.2 Å². The minimum atomic E-state index is 0.910. The van der Waals surface area contributed by atoms with Gasteiger partial charge in [0.1, 0.15) is 17.2 Å². The molecule has 0 radical (unpaired) electrons. The minimum absolute atomic E-state index is 0.910. The van der Waals surface area contributed by atoms with Crippen LogP contribution in [0.3, 0.4) is 0 Å². The number of methoxy groups -OCH3 is 3. The van der Waals surface area contributed by atoms with Crippen LogP contribution in [0.2, 0.25) is 0 Å². The summed E-state index contributed by atoms with van der Waals surface area (Å²) in [4.78, 5) is 0. The molecule has 0 unspecified atom stereocenters. The van der Waals surface area contributed by atoms with Crippen LogP contribution in [0.15, 0.2) is 115 Å². The third-order valence-electron chi connectivity index (χ3n) is 4.91. The number of fused-ring (bicyclic) bond motifs is 2. The topological polar surface area (TPSA) is 27.7 Å². The summed E-state index contributed by atoms with van der Waals surface area (Å²) in [5.74, 6) is 2.76. The van der Waals surface area contributed by atoms with E-state index in [2.05, 4.69) is 36.4 Å². The van der Waals surface area contributed by atoms with Gasteiger partial charge in [0.05, 0.1) is 21.3 Å². The molecule has 0 aliphatic carbocycles. The highest BCUT2D eigenvalue weighted by atomic mass is 16.5. The zero-order chi connectivity index (χ0) is 40.6. The SMILES string of the molecule is CC.CC.CC.CC.CC.CC.CC.CC.CC.COc1ccc2ccccc2c1.COc1cccc2ccccc12.COc1ccccc1. The maximum Gasteiger partial charge on any atom is 0.126 e. The Kier molecular flexibility index (Phi) is 70.2. The molecule has 50 heavy (non-hydrogen) atoms. The Hall–Kier alpha value is -3.98. The summed E-state index contributed by atoms with van der Waals surface area (Å²) in [5.41, 5.74) is 0. The van der Waals surface area contributed by atoms with E-state index in [-0.39, 0.29) is 0 Å². The molecule has 5 rings (SSSR count). The normalized spacial score (nSPS) is 7.30. The van der Waals surface area contributed by atoms with Crippen LogP contribution >= 0.6 is 0 Å². The maximum atomic E-state index is 5.23. The van der Waals surface area contributed by atoms with Crippen LogP contribution in [0.1, 0.15) is 125 Å². The second-order valence-corrected chi connectivity index (χ2v) is 6.91. The Morgan fingerprint density at radius 2 is 0.660 bits per heavy atom. The molecular weight excluding hydrogens is 613 g/mol. The number of hydrogen-bond donors (Lipinski definition) is 0. The van der Waals surface area contributed by atoms with Crippen LogP contribution in [0.5, 0.6) is 17.2 Å². The number of para-hydroxylation sites is 1. The standard InChI is InChI=1S/2C11H10O.C7H8O.9C2H6/c1-12-11-8-4-6-9-5-2-3-7-10(9)11;1-12-11-7-6-9-4-2-3-5-10(9)8-11;1-8-7-5-3-2-4-6-7;9*1-2/h2*2-8H,1H3;2-6H,1H3;9*1-2H3. The fourth-order valence-corrected chi connectivity index (χ4v) is 3.22. The lowest BCUT2D eigenvalue weighted by molar-refractivity contribution is 0.415. The Labute approximate surface area is 313 Å². The molecule has 0 aromatic heterocycles. The summed E-state index contributed by atoms with van der Waals surface area (Å²) in [7, 11) is 5.04. The first-order valence-electron chi connectivity index (χ1n) is 19.4. The first-order valence-corrected chi connectivity index (χ1v) is 19.4. The predicted molar refractivity (Wildman–Crippen MR) is 236 cm³/mol. The molecule has 0 saturated heterocycles. The van der Waals surface area contributed by atoms with Gasteiger partial charge in [0.15, 0.2) is 0 Å². The predicted octanol–water partition coefficient (Wildman–Crippen LogP) is 16.6. The number of hydrogen-bond acceptors (Lipinski definition) is 3. The van der Waals surface area contributed by atoms with Gasteiger partial charge in [0, 0.05) is 5.39 Å². The van der Waals surface area contributed by atoms with Crippen molar-refractivity contribution >= 4 is 21.5 Å². The molecule has 5 aromatic rings. The monoisotopic (exact) mass is 695 g/mol. The van der Waals surface area contributed by atoms with Gasteiger partial charge in [-0.05, 0) is 46.5 Å². The van der Waals surface area contributed by atoms with Crippen molar-refractivity contribution in [1.29, 1.82) is 0 Å². The molecule has 0 spiro atoms. The van der Waals surface area contributed by atoms with Crippen LogP contribution in [0, 0.1) is 0 Å². The highest BCUT2D eigenvalue weighted by molar-refractivity contribution is 5.88. The molecule has 3 heteroatoms. The first-order chi connectivity index (χ1) is 24.7. The summed E-state index contributed by atoms with van der Waals surface area (Å²) in [6.07, 6.45) is 0. The van der Waals surface area contributed by atoms with Crippen molar-refractivity contribution in [1.82, 2.24) is 0 Å². The number of rotatable bonds is 3. The molecule has 5 aromatic carbocycles. The van der Waals surface area contributed by atoms with E-state index in [1.807, 2.05) is 203 Å². The van der Waals surface area contributed by atoms with Gasteiger partial charge >= 0.3 is 0 Å². The summed E-state index contributed by atoms with van der Waals surface area (Å²) in [6.45, 7) is 36.0. The lowest BCUT2D eigenvalue weighted by Crippen LogP contribution is -1.83. The molecule has 288 valence electrons. The van der Waals surface area contributed by atoms with Crippen LogP contribution in [0.25, 0.3) is 21.5 Å².